The van der Waals surface area contributed by atoms with E-state index in [9.17, 15) is 0 Å². The van der Waals surface area contributed by atoms with E-state index in [1.165, 1.54) is 0 Å². The van der Waals surface area contributed by atoms with Crippen molar-refractivity contribution in [1.82, 2.24) is 0 Å². The molecular formula is C10H21N3O2Si. The summed E-state index contributed by atoms with van der Waals surface area (Å²) in [5.41, 5.74) is 8.46. The average molecular weight is 243 g/mol. The van der Waals surface area contributed by atoms with E-state index in [-0.39, 0.29) is 17.2 Å². The van der Waals surface area contributed by atoms with Gasteiger partial charge >= 0.3 is 0 Å². The molecule has 0 saturated carbocycles. The van der Waals surface area contributed by atoms with Gasteiger partial charge < -0.3 is 9.16 Å². The zero-order valence-electron chi connectivity index (χ0n) is 10.7. The van der Waals surface area contributed by atoms with Crippen molar-refractivity contribution in [3.8, 4) is 0 Å². The highest BCUT2D eigenvalue weighted by Gasteiger charge is 2.42. The lowest BCUT2D eigenvalue weighted by atomic mass is 10.2. The predicted octanol–water partition coefficient (Wildman–Crippen LogP) is 3.09. The van der Waals surface area contributed by atoms with Crippen LogP contribution in [0, 0.1) is 0 Å². The minimum Gasteiger partial charge on any atom is -0.411 e. The van der Waals surface area contributed by atoms with Crippen molar-refractivity contribution in [2.75, 3.05) is 13.2 Å². The fourth-order valence-electron chi connectivity index (χ4n) is 1.37. The van der Waals surface area contributed by atoms with Crippen LogP contribution in [0.2, 0.25) is 18.1 Å². The molecule has 92 valence electrons. The van der Waals surface area contributed by atoms with Gasteiger partial charge in [-0.3, -0.25) is 0 Å². The number of hydrogen-bond donors (Lipinski definition) is 0. The Balaban J connectivity index is 2.70. The molecule has 0 aliphatic carbocycles. The Labute approximate surface area is 97.9 Å². The highest BCUT2D eigenvalue weighted by atomic mass is 28.4. The molecule has 0 unspecified atom stereocenters. The van der Waals surface area contributed by atoms with Crippen LogP contribution < -0.4 is 0 Å². The standard InChI is InChI=1S/C10H21N3O2Si/c1-10(2,3)16(4,5)15-9-7-14-6-8(9)12-13-11/h8-9H,6-7H2,1-5H3/t8-,9-/m0/s1. The van der Waals surface area contributed by atoms with Gasteiger partial charge in [0.15, 0.2) is 8.32 Å². The summed E-state index contributed by atoms with van der Waals surface area (Å²) in [5, 5.41) is 3.89. The van der Waals surface area contributed by atoms with Crippen LogP contribution in [0.25, 0.3) is 10.4 Å². The van der Waals surface area contributed by atoms with E-state index in [4.69, 9.17) is 14.7 Å². The van der Waals surface area contributed by atoms with Crippen molar-refractivity contribution in [2.24, 2.45) is 5.11 Å². The summed E-state index contributed by atoms with van der Waals surface area (Å²) in [6.07, 6.45) is -0.0724. The van der Waals surface area contributed by atoms with Crippen molar-refractivity contribution in [1.29, 1.82) is 0 Å². The Bertz CT molecular complexity index is 295. The van der Waals surface area contributed by atoms with Crippen LogP contribution in [0.15, 0.2) is 5.11 Å². The molecule has 5 nitrogen and oxygen atoms in total. The molecule has 0 N–H and O–H groups in total. The van der Waals surface area contributed by atoms with Gasteiger partial charge in [-0.1, -0.05) is 25.9 Å². The quantitative estimate of drug-likeness (QED) is 0.331. The lowest BCUT2D eigenvalue weighted by Crippen LogP contribution is -2.46. The number of hydrogen-bond acceptors (Lipinski definition) is 3. The molecule has 2 atom stereocenters. The van der Waals surface area contributed by atoms with Crippen LogP contribution in [-0.4, -0.2) is 33.7 Å². The van der Waals surface area contributed by atoms with E-state index in [0.29, 0.717) is 13.2 Å². The summed E-state index contributed by atoms with van der Waals surface area (Å²) in [4.78, 5) is 2.84. The number of ether oxygens (including phenoxy) is 1. The summed E-state index contributed by atoms with van der Waals surface area (Å²) >= 11 is 0. The topological polar surface area (TPSA) is 67.2 Å². The SMILES string of the molecule is CC(C)(C)[Si](C)(C)O[C@H]1COC[C@@H]1N=[N+]=[N-]. The molecule has 0 spiro atoms. The van der Waals surface area contributed by atoms with Gasteiger partial charge in [-0.15, -0.1) is 0 Å². The summed E-state index contributed by atoms with van der Waals surface area (Å²) < 4.78 is 11.5. The molecular weight excluding hydrogens is 222 g/mol. The normalized spacial score (nSPS) is 26.6. The molecule has 0 amide bonds. The molecule has 0 aromatic carbocycles. The molecule has 0 aromatic rings. The van der Waals surface area contributed by atoms with Gasteiger partial charge in [-0.2, -0.15) is 0 Å². The minimum atomic E-state index is -1.80. The van der Waals surface area contributed by atoms with Crippen LogP contribution in [0.4, 0.5) is 0 Å². The predicted molar refractivity (Wildman–Crippen MR) is 65.8 cm³/mol. The maximum atomic E-state index is 8.46. The van der Waals surface area contributed by atoms with E-state index < -0.39 is 8.32 Å². The van der Waals surface area contributed by atoms with Crippen molar-refractivity contribution in [3.63, 3.8) is 0 Å². The lowest BCUT2D eigenvalue weighted by molar-refractivity contribution is 0.130. The summed E-state index contributed by atoms with van der Waals surface area (Å²) in [5.74, 6) is 0. The lowest BCUT2D eigenvalue weighted by Gasteiger charge is -2.38. The molecule has 0 radical (unpaired) electrons. The van der Waals surface area contributed by atoms with Crippen LogP contribution in [0.5, 0.6) is 0 Å². The Morgan fingerprint density at radius 2 is 2.00 bits per heavy atom. The molecule has 16 heavy (non-hydrogen) atoms. The summed E-state index contributed by atoms with van der Waals surface area (Å²) in [7, 11) is -1.80. The third-order valence-electron chi connectivity index (χ3n) is 3.45. The van der Waals surface area contributed by atoms with E-state index in [0.717, 1.165) is 0 Å². The van der Waals surface area contributed by atoms with Gasteiger partial charge in [0.05, 0.1) is 25.4 Å². The van der Waals surface area contributed by atoms with Crippen LogP contribution in [0.3, 0.4) is 0 Å². The zero-order valence-corrected chi connectivity index (χ0v) is 11.7. The van der Waals surface area contributed by atoms with Crippen LogP contribution in [-0.2, 0) is 9.16 Å². The maximum Gasteiger partial charge on any atom is 0.192 e. The van der Waals surface area contributed by atoms with Gasteiger partial charge in [0, 0.05) is 4.91 Å². The van der Waals surface area contributed by atoms with Gasteiger partial charge in [-0.05, 0) is 23.7 Å². The highest BCUT2D eigenvalue weighted by molar-refractivity contribution is 6.74. The van der Waals surface area contributed by atoms with Crippen molar-refractivity contribution in [2.45, 2.75) is 51.0 Å². The number of azide groups is 1. The fourth-order valence-corrected chi connectivity index (χ4v) is 2.70. The Morgan fingerprint density at radius 3 is 2.50 bits per heavy atom. The third-order valence-corrected chi connectivity index (χ3v) is 7.96. The van der Waals surface area contributed by atoms with Gasteiger partial charge in [0.25, 0.3) is 0 Å². The Kier molecular flexibility index (Phi) is 4.01. The minimum absolute atomic E-state index is 0.0724. The first-order valence-corrected chi connectivity index (χ1v) is 8.48. The molecule has 1 aliphatic heterocycles. The van der Waals surface area contributed by atoms with E-state index >= 15 is 0 Å². The van der Waals surface area contributed by atoms with E-state index in [1.54, 1.807) is 0 Å². The average Bonchev–Trinajstić information content (AvgIpc) is 2.51. The monoisotopic (exact) mass is 243 g/mol. The third kappa shape index (κ3) is 2.98. The Hall–Kier alpha value is -0.553. The molecule has 1 rings (SSSR count). The van der Waals surface area contributed by atoms with Gasteiger partial charge in [0.2, 0.25) is 0 Å². The Morgan fingerprint density at radius 1 is 1.38 bits per heavy atom. The zero-order chi connectivity index (χ0) is 12.4. The second-order valence-electron chi connectivity index (χ2n) is 5.73. The largest absolute Gasteiger partial charge is 0.411 e. The van der Waals surface area contributed by atoms with Crippen LogP contribution >= 0.6 is 0 Å². The first-order valence-electron chi connectivity index (χ1n) is 5.58. The number of nitrogens with zero attached hydrogens (tertiary/aromatic N) is 3. The van der Waals surface area contributed by atoms with E-state index in [1.807, 2.05) is 0 Å². The summed E-state index contributed by atoms with van der Waals surface area (Å²) in [6, 6.07) is -0.167. The maximum absolute atomic E-state index is 8.46. The molecule has 1 heterocycles. The molecule has 1 aliphatic rings. The molecule has 1 saturated heterocycles. The van der Waals surface area contributed by atoms with Gasteiger partial charge in [0.1, 0.15) is 0 Å². The van der Waals surface area contributed by atoms with Crippen molar-refractivity contribution >= 4 is 8.32 Å². The molecule has 1 fully saturated rings. The molecule has 0 aromatic heterocycles. The van der Waals surface area contributed by atoms with Crippen LogP contribution in [0.1, 0.15) is 20.8 Å². The molecule has 6 heteroatoms. The molecule has 0 bridgehead atoms. The summed E-state index contributed by atoms with van der Waals surface area (Å²) in [6.45, 7) is 12.0. The van der Waals surface area contributed by atoms with Gasteiger partial charge in [-0.25, -0.2) is 0 Å². The first kappa shape index (κ1) is 13.5. The first-order chi connectivity index (χ1) is 7.28. The second kappa shape index (κ2) is 4.75. The second-order valence-corrected chi connectivity index (χ2v) is 10.5. The highest BCUT2D eigenvalue weighted by Crippen LogP contribution is 2.38. The number of rotatable bonds is 3. The fraction of sp³-hybridized carbons (Fsp3) is 1.00. The van der Waals surface area contributed by atoms with Crippen molar-refractivity contribution in [3.05, 3.63) is 10.4 Å². The van der Waals surface area contributed by atoms with E-state index in [2.05, 4.69) is 43.9 Å². The van der Waals surface area contributed by atoms with Crippen molar-refractivity contribution < 1.29 is 9.16 Å². The smallest absolute Gasteiger partial charge is 0.192 e.